The molecule has 0 atom stereocenters. The molecule has 4 aromatic rings. The normalized spacial score (nSPS) is 11.5. The van der Waals surface area contributed by atoms with Crippen molar-refractivity contribution >= 4 is 22.7 Å². The van der Waals surface area contributed by atoms with E-state index in [1.54, 1.807) is 12.1 Å². The van der Waals surface area contributed by atoms with Crippen molar-refractivity contribution in [2.75, 3.05) is 20.1 Å². The SMILES string of the molecule is CN(C/C=C/c1ccccc1)CCCCCn1nc(OCc2ccccc2)c2cc([N+](=O)[O-])ccc21. The van der Waals surface area contributed by atoms with Gasteiger partial charge in [-0.25, -0.2) is 0 Å². The van der Waals surface area contributed by atoms with Gasteiger partial charge in [-0.15, -0.1) is 5.10 Å². The van der Waals surface area contributed by atoms with E-state index in [2.05, 4.69) is 41.3 Å². The Bertz CT molecular complexity index is 1290. The number of rotatable bonds is 13. The van der Waals surface area contributed by atoms with Crippen LogP contribution in [0.3, 0.4) is 0 Å². The van der Waals surface area contributed by atoms with Crippen molar-refractivity contribution in [2.45, 2.75) is 32.4 Å². The third kappa shape index (κ3) is 7.02. The van der Waals surface area contributed by atoms with Crippen LogP contribution in [0, 0.1) is 10.1 Å². The predicted octanol–water partition coefficient (Wildman–Crippen LogP) is 6.34. The van der Waals surface area contributed by atoms with E-state index in [9.17, 15) is 10.1 Å². The summed E-state index contributed by atoms with van der Waals surface area (Å²) in [7, 11) is 2.14. The molecule has 0 saturated carbocycles. The maximum Gasteiger partial charge on any atom is 0.270 e. The Morgan fingerprint density at radius 1 is 1.00 bits per heavy atom. The maximum absolute atomic E-state index is 11.3. The third-order valence-electron chi connectivity index (χ3n) is 6.07. The molecule has 4 rings (SSSR count). The molecule has 186 valence electrons. The average Bonchev–Trinajstić information content (AvgIpc) is 3.25. The number of aromatic nitrogens is 2. The van der Waals surface area contributed by atoms with E-state index in [-0.39, 0.29) is 10.6 Å². The van der Waals surface area contributed by atoms with Crippen molar-refractivity contribution in [3.8, 4) is 5.88 Å². The lowest BCUT2D eigenvalue weighted by atomic mass is 10.2. The molecule has 0 spiro atoms. The standard InChI is InChI=1S/C29H32N4O3/c1-31(20-11-16-24-12-5-2-6-13-24)19-9-4-10-21-32-28-18-17-26(33(34)35)22-27(28)29(30-32)36-23-25-14-7-3-8-15-25/h2-3,5-8,11-18,22H,4,9-10,19-21,23H2,1H3/b16-11+. The molecule has 0 fully saturated rings. The van der Waals surface area contributed by atoms with Gasteiger partial charge in [-0.3, -0.25) is 14.8 Å². The highest BCUT2D eigenvalue weighted by Crippen LogP contribution is 2.29. The molecular formula is C29H32N4O3. The van der Waals surface area contributed by atoms with Crippen LogP contribution >= 0.6 is 0 Å². The molecule has 1 aromatic heterocycles. The van der Waals surface area contributed by atoms with Gasteiger partial charge in [0.1, 0.15) is 6.61 Å². The van der Waals surface area contributed by atoms with Crippen LogP contribution in [0.5, 0.6) is 5.88 Å². The van der Waals surface area contributed by atoms with Crippen LogP contribution in [0.4, 0.5) is 5.69 Å². The summed E-state index contributed by atoms with van der Waals surface area (Å²) >= 11 is 0. The van der Waals surface area contributed by atoms with E-state index in [4.69, 9.17) is 4.74 Å². The van der Waals surface area contributed by atoms with E-state index in [1.165, 1.54) is 11.6 Å². The van der Waals surface area contributed by atoms with Crippen LogP contribution in [-0.2, 0) is 13.2 Å². The molecule has 0 amide bonds. The monoisotopic (exact) mass is 484 g/mol. The molecule has 0 aliphatic carbocycles. The number of nitro benzene ring substituents is 1. The van der Waals surface area contributed by atoms with Gasteiger partial charge in [0.25, 0.3) is 5.69 Å². The van der Waals surface area contributed by atoms with Crippen LogP contribution in [0.25, 0.3) is 17.0 Å². The number of ether oxygens (including phenoxy) is 1. The number of likely N-dealkylation sites (N-methyl/N-ethyl adjacent to an activating group) is 1. The van der Waals surface area contributed by atoms with Gasteiger partial charge < -0.3 is 9.64 Å². The molecule has 0 aliphatic heterocycles. The minimum Gasteiger partial charge on any atom is -0.471 e. The van der Waals surface area contributed by atoms with Gasteiger partial charge in [0.05, 0.1) is 15.8 Å². The number of hydrogen-bond acceptors (Lipinski definition) is 5. The molecular weight excluding hydrogens is 452 g/mol. The smallest absolute Gasteiger partial charge is 0.270 e. The second-order valence-corrected chi connectivity index (χ2v) is 8.90. The molecule has 0 N–H and O–H groups in total. The Labute approximate surface area is 211 Å². The lowest BCUT2D eigenvalue weighted by Gasteiger charge is -2.14. The Morgan fingerprint density at radius 3 is 2.50 bits per heavy atom. The molecule has 1 heterocycles. The fourth-order valence-corrected chi connectivity index (χ4v) is 4.10. The van der Waals surface area contributed by atoms with Crippen LogP contribution < -0.4 is 4.74 Å². The van der Waals surface area contributed by atoms with Crippen molar-refractivity contribution in [3.63, 3.8) is 0 Å². The molecule has 3 aromatic carbocycles. The number of fused-ring (bicyclic) bond motifs is 1. The largest absolute Gasteiger partial charge is 0.471 e. The van der Waals surface area contributed by atoms with Gasteiger partial charge in [-0.2, -0.15) is 0 Å². The second kappa shape index (κ2) is 12.7. The average molecular weight is 485 g/mol. The van der Waals surface area contributed by atoms with Crippen molar-refractivity contribution in [1.29, 1.82) is 0 Å². The zero-order valence-corrected chi connectivity index (χ0v) is 20.6. The summed E-state index contributed by atoms with van der Waals surface area (Å²) in [5.74, 6) is 0.433. The molecule has 0 bridgehead atoms. The molecule has 36 heavy (non-hydrogen) atoms. The highest BCUT2D eigenvalue weighted by atomic mass is 16.6. The summed E-state index contributed by atoms with van der Waals surface area (Å²) in [6.45, 7) is 3.04. The Hall–Kier alpha value is -3.97. The van der Waals surface area contributed by atoms with E-state index in [0.29, 0.717) is 17.9 Å². The summed E-state index contributed by atoms with van der Waals surface area (Å²) in [5.41, 5.74) is 3.13. The third-order valence-corrected chi connectivity index (χ3v) is 6.07. The molecule has 7 nitrogen and oxygen atoms in total. The highest BCUT2D eigenvalue weighted by molar-refractivity contribution is 5.86. The van der Waals surface area contributed by atoms with E-state index < -0.39 is 0 Å². The van der Waals surface area contributed by atoms with Crippen molar-refractivity contribution in [2.24, 2.45) is 0 Å². The van der Waals surface area contributed by atoms with Gasteiger partial charge in [0.15, 0.2) is 0 Å². The Kier molecular flexibility index (Phi) is 8.83. The first-order chi connectivity index (χ1) is 17.6. The number of non-ortho nitro benzene ring substituents is 1. The summed E-state index contributed by atoms with van der Waals surface area (Å²) in [6.07, 6.45) is 7.49. The zero-order valence-electron chi connectivity index (χ0n) is 20.6. The molecule has 0 radical (unpaired) electrons. The van der Waals surface area contributed by atoms with Gasteiger partial charge in [0, 0.05) is 25.2 Å². The summed E-state index contributed by atoms with van der Waals surface area (Å²) < 4.78 is 7.89. The Morgan fingerprint density at radius 2 is 1.75 bits per heavy atom. The topological polar surface area (TPSA) is 73.4 Å². The van der Waals surface area contributed by atoms with E-state index in [1.807, 2.05) is 53.2 Å². The maximum atomic E-state index is 11.3. The summed E-state index contributed by atoms with van der Waals surface area (Å²) in [5, 5.41) is 16.6. The van der Waals surface area contributed by atoms with Crippen LogP contribution in [0.1, 0.15) is 30.4 Å². The van der Waals surface area contributed by atoms with Crippen LogP contribution in [0.2, 0.25) is 0 Å². The number of nitrogens with zero attached hydrogens (tertiary/aromatic N) is 4. The quantitative estimate of drug-likeness (QED) is 0.126. The number of unbranched alkanes of at least 4 members (excludes halogenated alkanes) is 2. The highest BCUT2D eigenvalue weighted by Gasteiger charge is 2.16. The number of benzene rings is 3. The van der Waals surface area contributed by atoms with Crippen molar-refractivity contribution in [1.82, 2.24) is 14.7 Å². The van der Waals surface area contributed by atoms with Crippen LogP contribution in [0.15, 0.2) is 84.9 Å². The molecule has 0 unspecified atom stereocenters. The second-order valence-electron chi connectivity index (χ2n) is 8.90. The van der Waals surface area contributed by atoms with E-state index >= 15 is 0 Å². The molecule has 0 saturated heterocycles. The lowest BCUT2D eigenvalue weighted by molar-refractivity contribution is -0.384. The fourth-order valence-electron chi connectivity index (χ4n) is 4.10. The minimum atomic E-state index is -0.386. The number of nitro groups is 1. The van der Waals surface area contributed by atoms with Gasteiger partial charge >= 0.3 is 0 Å². The predicted molar refractivity (Wildman–Crippen MR) is 144 cm³/mol. The van der Waals surface area contributed by atoms with Crippen molar-refractivity contribution < 1.29 is 9.66 Å². The summed E-state index contributed by atoms with van der Waals surface area (Å²) in [4.78, 5) is 13.2. The van der Waals surface area contributed by atoms with Gasteiger partial charge in [0.2, 0.25) is 5.88 Å². The fraction of sp³-hybridized carbons (Fsp3) is 0.276. The number of aryl methyl sites for hydroxylation is 1. The van der Waals surface area contributed by atoms with Crippen molar-refractivity contribution in [3.05, 3.63) is 106 Å². The van der Waals surface area contributed by atoms with E-state index in [0.717, 1.165) is 50.0 Å². The molecule has 0 aliphatic rings. The first-order valence-electron chi connectivity index (χ1n) is 12.3. The first-order valence-corrected chi connectivity index (χ1v) is 12.3. The number of hydrogen-bond donors (Lipinski definition) is 0. The summed E-state index contributed by atoms with van der Waals surface area (Å²) in [6, 6.07) is 25.0. The van der Waals surface area contributed by atoms with Crippen LogP contribution in [-0.4, -0.2) is 39.7 Å². The van der Waals surface area contributed by atoms with Gasteiger partial charge in [-0.1, -0.05) is 79.2 Å². The zero-order chi connectivity index (χ0) is 25.2. The lowest BCUT2D eigenvalue weighted by Crippen LogP contribution is -2.19. The Balaban J connectivity index is 1.30. The molecule has 7 heteroatoms. The van der Waals surface area contributed by atoms with Gasteiger partial charge in [-0.05, 0) is 43.6 Å². The first kappa shape index (κ1) is 25.1. The minimum absolute atomic E-state index is 0.0379.